The van der Waals surface area contributed by atoms with E-state index < -0.39 is 0 Å². The van der Waals surface area contributed by atoms with Gasteiger partial charge in [-0.1, -0.05) is 38.4 Å². The Morgan fingerprint density at radius 3 is 1.96 bits per heavy atom. The van der Waals surface area contributed by atoms with Gasteiger partial charge in [0, 0.05) is 5.02 Å². The van der Waals surface area contributed by atoms with Gasteiger partial charge in [0.2, 0.25) is 0 Å². The highest BCUT2D eigenvalue weighted by Gasteiger charge is 2.16. The number of halogens is 1. The van der Waals surface area contributed by atoms with Gasteiger partial charge < -0.3 is 20.1 Å². The molecule has 0 fully saturated rings. The molecule has 6 heteroatoms. The van der Waals surface area contributed by atoms with Crippen LogP contribution in [-0.2, 0) is 5.41 Å². The molecule has 2 aromatic rings. The lowest BCUT2D eigenvalue weighted by molar-refractivity contribution is 0.416. The third kappa shape index (κ3) is 5.00. The van der Waals surface area contributed by atoms with Gasteiger partial charge in [-0.05, 0) is 53.5 Å². The van der Waals surface area contributed by atoms with Crippen molar-refractivity contribution in [3.63, 3.8) is 0 Å². The van der Waals surface area contributed by atoms with E-state index in [9.17, 15) is 0 Å². The monoisotopic (exact) mass is 378 g/mol. The van der Waals surface area contributed by atoms with Crippen LogP contribution in [0.25, 0.3) is 0 Å². The van der Waals surface area contributed by atoms with Crippen molar-refractivity contribution < 1.29 is 9.47 Å². The molecule has 4 nitrogen and oxygen atoms in total. The Balaban J connectivity index is 2.24. The highest BCUT2D eigenvalue weighted by Crippen LogP contribution is 2.32. The summed E-state index contributed by atoms with van der Waals surface area (Å²) in [7, 11) is 3.23. The molecule has 134 valence electrons. The Bertz CT molecular complexity index is 773. The van der Waals surface area contributed by atoms with Crippen molar-refractivity contribution in [2.24, 2.45) is 0 Å². The molecular weight excluding hydrogens is 356 g/mol. The van der Waals surface area contributed by atoms with Crippen molar-refractivity contribution in [2.75, 3.05) is 24.9 Å². The van der Waals surface area contributed by atoms with E-state index in [1.165, 1.54) is 5.56 Å². The fraction of sp³-hybridized carbons (Fsp3) is 0.316. The van der Waals surface area contributed by atoms with Crippen molar-refractivity contribution >= 4 is 40.3 Å². The maximum atomic E-state index is 6.06. The Kier molecular flexibility index (Phi) is 6.14. The third-order valence-electron chi connectivity index (χ3n) is 3.72. The van der Waals surface area contributed by atoms with E-state index in [0.717, 1.165) is 11.4 Å². The molecule has 2 N–H and O–H groups in total. The lowest BCUT2D eigenvalue weighted by atomic mass is 9.87. The minimum absolute atomic E-state index is 0.0218. The third-order valence-corrected chi connectivity index (χ3v) is 4.16. The van der Waals surface area contributed by atoms with Gasteiger partial charge >= 0.3 is 0 Å². The second-order valence-electron chi connectivity index (χ2n) is 6.59. The molecule has 0 radical (unpaired) electrons. The lowest BCUT2D eigenvalue weighted by Crippen LogP contribution is -2.20. The second kappa shape index (κ2) is 7.93. The van der Waals surface area contributed by atoms with Crippen molar-refractivity contribution in [1.82, 2.24) is 0 Å². The standard InChI is InChI=1S/C19H23ClN2O2S/c1-19(2,3)12-6-8-16(23-4)14(10-12)21-18(25)22-15-11-13(20)7-9-17(15)24-5/h6-11H,1-5H3,(H2,21,22,25). The summed E-state index contributed by atoms with van der Waals surface area (Å²) in [6, 6.07) is 11.3. The molecule has 0 aliphatic carbocycles. The largest absolute Gasteiger partial charge is 0.495 e. The molecule has 0 aromatic heterocycles. The normalized spacial score (nSPS) is 11.0. The van der Waals surface area contributed by atoms with Crippen LogP contribution in [0.2, 0.25) is 5.02 Å². The molecule has 2 aromatic carbocycles. The summed E-state index contributed by atoms with van der Waals surface area (Å²) < 4.78 is 10.8. The number of hydrogen-bond acceptors (Lipinski definition) is 3. The van der Waals surface area contributed by atoms with Crippen LogP contribution in [0.4, 0.5) is 11.4 Å². The number of hydrogen-bond donors (Lipinski definition) is 2. The van der Waals surface area contributed by atoms with Crippen LogP contribution in [0.5, 0.6) is 11.5 Å². The number of nitrogens with one attached hydrogen (secondary N) is 2. The molecule has 0 aliphatic rings. The highest BCUT2D eigenvalue weighted by molar-refractivity contribution is 7.80. The molecule has 0 unspecified atom stereocenters. The van der Waals surface area contributed by atoms with Crippen molar-refractivity contribution in [2.45, 2.75) is 26.2 Å². The van der Waals surface area contributed by atoms with E-state index in [4.69, 9.17) is 33.3 Å². The molecule has 0 aliphatic heterocycles. The number of thiocarbonyl (C=S) groups is 1. The molecule has 0 atom stereocenters. The van der Waals surface area contributed by atoms with E-state index in [1.54, 1.807) is 32.4 Å². The van der Waals surface area contributed by atoms with Gasteiger partial charge in [-0.25, -0.2) is 0 Å². The van der Waals surface area contributed by atoms with Crippen LogP contribution in [0, 0.1) is 0 Å². The van der Waals surface area contributed by atoms with Gasteiger partial charge in [0.1, 0.15) is 11.5 Å². The lowest BCUT2D eigenvalue weighted by Gasteiger charge is -2.22. The summed E-state index contributed by atoms with van der Waals surface area (Å²) in [6.07, 6.45) is 0. The van der Waals surface area contributed by atoms with E-state index in [0.29, 0.717) is 21.6 Å². The maximum absolute atomic E-state index is 6.06. The number of rotatable bonds is 4. The maximum Gasteiger partial charge on any atom is 0.175 e. The van der Waals surface area contributed by atoms with Crippen LogP contribution in [-0.4, -0.2) is 19.3 Å². The zero-order valence-corrected chi connectivity index (χ0v) is 16.6. The van der Waals surface area contributed by atoms with Gasteiger partial charge in [0.05, 0.1) is 25.6 Å². The quantitative estimate of drug-likeness (QED) is 0.691. The molecule has 0 saturated heterocycles. The minimum atomic E-state index is 0.0218. The second-order valence-corrected chi connectivity index (χ2v) is 7.43. The fourth-order valence-electron chi connectivity index (χ4n) is 2.33. The summed E-state index contributed by atoms with van der Waals surface area (Å²) in [5.41, 5.74) is 2.69. The number of benzene rings is 2. The van der Waals surface area contributed by atoms with E-state index >= 15 is 0 Å². The van der Waals surface area contributed by atoms with Crippen LogP contribution < -0.4 is 20.1 Å². The first kappa shape index (κ1) is 19.3. The number of methoxy groups -OCH3 is 2. The predicted octanol–water partition coefficient (Wildman–Crippen LogP) is 5.46. The molecular formula is C19H23ClN2O2S. The number of anilines is 2. The van der Waals surface area contributed by atoms with E-state index in [1.807, 2.05) is 12.1 Å². The molecule has 0 spiro atoms. The Morgan fingerprint density at radius 2 is 1.44 bits per heavy atom. The minimum Gasteiger partial charge on any atom is -0.495 e. The summed E-state index contributed by atoms with van der Waals surface area (Å²) in [5, 5.41) is 7.32. The van der Waals surface area contributed by atoms with E-state index in [2.05, 4.69) is 37.5 Å². The average Bonchev–Trinajstić information content (AvgIpc) is 2.54. The molecule has 25 heavy (non-hydrogen) atoms. The predicted molar refractivity (Wildman–Crippen MR) is 110 cm³/mol. The smallest absolute Gasteiger partial charge is 0.175 e. The highest BCUT2D eigenvalue weighted by atomic mass is 35.5. The van der Waals surface area contributed by atoms with Gasteiger partial charge in [0.15, 0.2) is 5.11 Å². The summed E-state index contributed by atoms with van der Waals surface area (Å²) in [5.74, 6) is 1.37. The number of ether oxygens (including phenoxy) is 2. The van der Waals surface area contributed by atoms with Crippen LogP contribution in [0.1, 0.15) is 26.3 Å². The first-order valence-corrected chi connectivity index (χ1v) is 8.63. The van der Waals surface area contributed by atoms with Crippen molar-refractivity contribution in [3.8, 4) is 11.5 Å². The summed E-state index contributed by atoms with van der Waals surface area (Å²) in [6.45, 7) is 6.48. The SMILES string of the molecule is COc1ccc(Cl)cc1NC(=S)Nc1cc(C(C)(C)C)ccc1OC. The van der Waals surface area contributed by atoms with Gasteiger partial charge in [-0.15, -0.1) is 0 Å². The van der Waals surface area contributed by atoms with Crippen molar-refractivity contribution in [3.05, 3.63) is 47.0 Å². The Morgan fingerprint density at radius 1 is 0.920 bits per heavy atom. The van der Waals surface area contributed by atoms with Gasteiger partial charge in [-0.3, -0.25) is 0 Å². The topological polar surface area (TPSA) is 42.5 Å². The van der Waals surface area contributed by atoms with Crippen LogP contribution >= 0.6 is 23.8 Å². The van der Waals surface area contributed by atoms with Crippen LogP contribution in [0.3, 0.4) is 0 Å². The van der Waals surface area contributed by atoms with Gasteiger partial charge in [0.25, 0.3) is 0 Å². The first-order valence-electron chi connectivity index (χ1n) is 7.84. The fourth-order valence-corrected chi connectivity index (χ4v) is 2.72. The Labute approximate surface area is 159 Å². The Hall–Kier alpha value is -1.98. The molecule has 0 saturated carbocycles. The molecule has 2 rings (SSSR count). The molecule has 0 amide bonds. The molecule has 0 bridgehead atoms. The first-order chi connectivity index (χ1) is 11.7. The zero-order valence-electron chi connectivity index (χ0n) is 15.1. The van der Waals surface area contributed by atoms with E-state index in [-0.39, 0.29) is 5.41 Å². The summed E-state index contributed by atoms with van der Waals surface area (Å²) >= 11 is 11.5. The zero-order chi connectivity index (χ0) is 18.6. The summed E-state index contributed by atoms with van der Waals surface area (Å²) in [4.78, 5) is 0. The van der Waals surface area contributed by atoms with Gasteiger partial charge in [-0.2, -0.15) is 0 Å². The van der Waals surface area contributed by atoms with Crippen LogP contribution in [0.15, 0.2) is 36.4 Å². The van der Waals surface area contributed by atoms with Crippen molar-refractivity contribution in [1.29, 1.82) is 0 Å². The molecule has 0 heterocycles. The average molecular weight is 379 g/mol.